The number of hydrogen-bond acceptors (Lipinski definition) is 1. The molecule has 0 amide bonds. The monoisotopic (exact) mass is 203 g/mol. The van der Waals surface area contributed by atoms with E-state index in [1.54, 1.807) is 0 Å². The van der Waals surface area contributed by atoms with Crippen LogP contribution < -0.4 is 5.32 Å². The Morgan fingerprint density at radius 3 is 2.80 bits per heavy atom. The third-order valence-electron chi connectivity index (χ3n) is 3.22. The fraction of sp³-hybridized carbons (Fsp3) is 0.571. The third-order valence-corrected chi connectivity index (χ3v) is 3.22. The van der Waals surface area contributed by atoms with E-state index in [1.165, 1.54) is 48.8 Å². The molecule has 0 radical (unpaired) electrons. The first-order chi connectivity index (χ1) is 7.40. The second-order valence-corrected chi connectivity index (χ2v) is 4.52. The summed E-state index contributed by atoms with van der Waals surface area (Å²) < 4.78 is 0. The first kappa shape index (κ1) is 10.7. The Kier molecular flexibility index (Phi) is 3.79. The quantitative estimate of drug-likeness (QED) is 0.723. The summed E-state index contributed by atoms with van der Waals surface area (Å²) in [6, 6.07) is 6.99. The Morgan fingerprint density at radius 1 is 1.07 bits per heavy atom. The molecule has 1 aliphatic heterocycles. The Morgan fingerprint density at radius 2 is 1.93 bits per heavy atom. The van der Waals surface area contributed by atoms with Crippen LogP contribution in [0.2, 0.25) is 0 Å². The zero-order chi connectivity index (χ0) is 10.5. The second kappa shape index (κ2) is 5.32. The van der Waals surface area contributed by atoms with E-state index in [0.29, 0.717) is 0 Å². The highest BCUT2D eigenvalue weighted by molar-refractivity contribution is 5.34. The van der Waals surface area contributed by atoms with Gasteiger partial charge in [-0.2, -0.15) is 0 Å². The molecule has 0 spiro atoms. The van der Waals surface area contributed by atoms with Crippen LogP contribution in [0.4, 0.5) is 0 Å². The summed E-state index contributed by atoms with van der Waals surface area (Å²) in [6.07, 6.45) is 6.69. The van der Waals surface area contributed by atoms with E-state index in [-0.39, 0.29) is 0 Å². The molecule has 82 valence electrons. The van der Waals surface area contributed by atoms with Gasteiger partial charge in [-0.15, -0.1) is 0 Å². The molecule has 2 rings (SSSR count). The Balaban J connectivity index is 1.87. The van der Waals surface area contributed by atoms with E-state index < -0.39 is 0 Å². The zero-order valence-electron chi connectivity index (χ0n) is 9.68. The van der Waals surface area contributed by atoms with E-state index in [0.717, 1.165) is 13.1 Å². The standard InChI is InChI=1S/C14H21N/c1-2-3-4-5-6-12-7-8-13-10-15-11-14(13)9-12/h7-9,15H,2-6,10-11H2,1H3. The predicted molar refractivity (Wildman–Crippen MR) is 64.8 cm³/mol. The van der Waals surface area contributed by atoms with Crippen LogP contribution in [0.15, 0.2) is 18.2 Å². The zero-order valence-corrected chi connectivity index (χ0v) is 9.68. The molecular formula is C14H21N. The van der Waals surface area contributed by atoms with Gasteiger partial charge < -0.3 is 5.32 Å². The first-order valence-electron chi connectivity index (χ1n) is 6.21. The molecule has 1 heteroatoms. The van der Waals surface area contributed by atoms with Crippen molar-refractivity contribution in [2.75, 3.05) is 0 Å². The van der Waals surface area contributed by atoms with Gasteiger partial charge >= 0.3 is 0 Å². The molecule has 0 unspecified atom stereocenters. The second-order valence-electron chi connectivity index (χ2n) is 4.52. The van der Waals surface area contributed by atoms with Crippen molar-refractivity contribution in [3.8, 4) is 0 Å². The Bertz CT molecular complexity index is 317. The summed E-state index contributed by atoms with van der Waals surface area (Å²) in [5, 5.41) is 3.39. The van der Waals surface area contributed by atoms with Crippen LogP contribution in [0.1, 0.15) is 49.3 Å². The van der Waals surface area contributed by atoms with Crippen molar-refractivity contribution in [2.24, 2.45) is 0 Å². The summed E-state index contributed by atoms with van der Waals surface area (Å²) in [4.78, 5) is 0. The fourth-order valence-corrected chi connectivity index (χ4v) is 2.26. The number of hydrogen-bond donors (Lipinski definition) is 1. The van der Waals surface area contributed by atoms with E-state index in [2.05, 4.69) is 30.4 Å². The van der Waals surface area contributed by atoms with E-state index in [1.807, 2.05) is 0 Å². The van der Waals surface area contributed by atoms with E-state index in [4.69, 9.17) is 0 Å². The molecule has 1 aromatic rings. The maximum atomic E-state index is 3.39. The number of aryl methyl sites for hydroxylation is 1. The highest BCUT2D eigenvalue weighted by Gasteiger charge is 2.09. The van der Waals surface area contributed by atoms with Crippen molar-refractivity contribution < 1.29 is 0 Å². The molecule has 0 aromatic heterocycles. The van der Waals surface area contributed by atoms with Crippen molar-refractivity contribution in [1.82, 2.24) is 5.32 Å². The largest absolute Gasteiger partial charge is 0.309 e. The molecule has 0 saturated heterocycles. The minimum Gasteiger partial charge on any atom is -0.309 e. The van der Waals surface area contributed by atoms with Crippen molar-refractivity contribution in [2.45, 2.75) is 52.1 Å². The van der Waals surface area contributed by atoms with Gasteiger partial charge in [0.25, 0.3) is 0 Å². The van der Waals surface area contributed by atoms with Gasteiger partial charge in [-0.05, 0) is 29.5 Å². The van der Waals surface area contributed by atoms with Gasteiger partial charge in [0.15, 0.2) is 0 Å². The smallest absolute Gasteiger partial charge is 0.0212 e. The van der Waals surface area contributed by atoms with Crippen molar-refractivity contribution >= 4 is 0 Å². The first-order valence-corrected chi connectivity index (χ1v) is 6.21. The maximum Gasteiger partial charge on any atom is 0.0212 e. The highest BCUT2D eigenvalue weighted by Crippen LogP contribution is 2.18. The molecule has 1 heterocycles. The molecule has 1 N–H and O–H groups in total. The molecule has 1 nitrogen and oxygen atoms in total. The van der Waals surface area contributed by atoms with Crippen molar-refractivity contribution in [3.63, 3.8) is 0 Å². The van der Waals surface area contributed by atoms with Gasteiger partial charge in [-0.1, -0.05) is 44.4 Å². The Hall–Kier alpha value is -0.820. The summed E-state index contributed by atoms with van der Waals surface area (Å²) in [7, 11) is 0. The normalized spacial score (nSPS) is 14.2. The summed E-state index contributed by atoms with van der Waals surface area (Å²) in [5.41, 5.74) is 4.53. The predicted octanol–water partition coefficient (Wildman–Crippen LogP) is 3.41. The van der Waals surface area contributed by atoms with Crippen LogP contribution in [-0.4, -0.2) is 0 Å². The van der Waals surface area contributed by atoms with Crippen molar-refractivity contribution in [1.29, 1.82) is 0 Å². The molecule has 0 aliphatic carbocycles. The van der Waals surface area contributed by atoms with Crippen LogP contribution in [-0.2, 0) is 19.5 Å². The maximum absolute atomic E-state index is 3.39. The van der Waals surface area contributed by atoms with Crippen LogP contribution >= 0.6 is 0 Å². The lowest BCUT2D eigenvalue weighted by Crippen LogP contribution is -1.99. The van der Waals surface area contributed by atoms with E-state index in [9.17, 15) is 0 Å². The molecule has 0 bridgehead atoms. The summed E-state index contributed by atoms with van der Waals surface area (Å²) in [5.74, 6) is 0. The summed E-state index contributed by atoms with van der Waals surface area (Å²) >= 11 is 0. The number of rotatable bonds is 5. The SMILES string of the molecule is CCCCCCc1ccc2c(c1)CNC2. The molecule has 1 aromatic carbocycles. The average molecular weight is 203 g/mol. The molecule has 0 saturated carbocycles. The van der Waals surface area contributed by atoms with Gasteiger partial charge in [0.2, 0.25) is 0 Å². The fourth-order valence-electron chi connectivity index (χ4n) is 2.26. The van der Waals surface area contributed by atoms with Crippen LogP contribution in [0, 0.1) is 0 Å². The van der Waals surface area contributed by atoms with Crippen LogP contribution in [0.25, 0.3) is 0 Å². The van der Waals surface area contributed by atoms with Gasteiger partial charge in [0, 0.05) is 13.1 Å². The molecular weight excluding hydrogens is 182 g/mol. The highest BCUT2D eigenvalue weighted by atomic mass is 14.9. The average Bonchev–Trinajstić information content (AvgIpc) is 2.71. The minimum absolute atomic E-state index is 1.06. The molecule has 1 aliphatic rings. The van der Waals surface area contributed by atoms with Gasteiger partial charge in [-0.25, -0.2) is 0 Å². The third kappa shape index (κ3) is 2.82. The summed E-state index contributed by atoms with van der Waals surface area (Å²) in [6.45, 7) is 4.39. The van der Waals surface area contributed by atoms with Gasteiger partial charge in [0.1, 0.15) is 0 Å². The van der Waals surface area contributed by atoms with Gasteiger partial charge in [0.05, 0.1) is 0 Å². The van der Waals surface area contributed by atoms with Crippen LogP contribution in [0.3, 0.4) is 0 Å². The Labute approximate surface area is 92.9 Å². The lowest BCUT2D eigenvalue weighted by molar-refractivity contribution is 0.666. The number of nitrogens with one attached hydrogen (secondary N) is 1. The minimum atomic E-state index is 1.06. The molecule has 15 heavy (non-hydrogen) atoms. The lowest BCUT2D eigenvalue weighted by Gasteiger charge is -2.04. The number of benzene rings is 1. The van der Waals surface area contributed by atoms with E-state index >= 15 is 0 Å². The molecule has 0 fully saturated rings. The number of fused-ring (bicyclic) bond motifs is 1. The van der Waals surface area contributed by atoms with Gasteiger partial charge in [-0.3, -0.25) is 0 Å². The van der Waals surface area contributed by atoms with Crippen LogP contribution in [0.5, 0.6) is 0 Å². The topological polar surface area (TPSA) is 12.0 Å². The lowest BCUT2D eigenvalue weighted by atomic mass is 10.0. The number of unbranched alkanes of at least 4 members (excludes halogenated alkanes) is 3. The molecule has 0 atom stereocenters. The van der Waals surface area contributed by atoms with Crippen molar-refractivity contribution in [3.05, 3.63) is 34.9 Å².